The molecule has 0 spiro atoms. The number of nitrogens with zero attached hydrogens (tertiary/aromatic N) is 2. The van der Waals surface area contributed by atoms with Crippen molar-refractivity contribution in [2.75, 3.05) is 13.7 Å². The van der Waals surface area contributed by atoms with Gasteiger partial charge in [0.25, 0.3) is 0 Å². The normalized spacial score (nSPS) is 15.7. The summed E-state index contributed by atoms with van der Waals surface area (Å²) < 4.78 is 17.3. The van der Waals surface area contributed by atoms with Crippen LogP contribution >= 0.6 is 15.9 Å². The van der Waals surface area contributed by atoms with Gasteiger partial charge in [-0.3, -0.25) is 5.10 Å². The van der Waals surface area contributed by atoms with Gasteiger partial charge in [0.1, 0.15) is 18.2 Å². The number of hydrogen-bond acceptors (Lipinski definition) is 6. The highest BCUT2D eigenvalue weighted by Gasteiger charge is 2.35. The molecule has 1 aliphatic heterocycles. The molecule has 0 unspecified atom stereocenters. The van der Waals surface area contributed by atoms with Crippen molar-refractivity contribution in [3.05, 3.63) is 57.5 Å². The first-order valence-electron chi connectivity index (χ1n) is 7.75. The van der Waals surface area contributed by atoms with Crippen LogP contribution in [0.3, 0.4) is 0 Å². The van der Waals surface area contributed by atoms with Gasteiger partial charge in [-0.2, -0.15) is 5.26 Å². The molecule has 3 N–H and O–H groups in total. The number of halogens is 1. The SMILES string of the molecule is C=CCOc1c(Br)cc([C@H]2C(C#N)=C(N)Oc3n[nH]c(C)c32)cc1OC. The molecule has 0 aliphatic carbocycles. The van der Waals surface area contributed by atoms with E-state index < -0.39 is 5.92 Å². The van der Waals surface area contributed by atoms with Crippen molar-refractivity contribution in [2.24, 2.45) is 5.73 Å². The van der Waals surface area contributed by atoms with E-state index in [0.29, 0.717) is 34.0 Å². The van der Waals surface area contributed by atoms with Gasteiger partial charge in [0.15, 0.2) is 11.5 Å². The van der Waals surface area contributed by atoms with Gasteiger partial charge >= 0.3 is 0 Å². The highest BCUT2D eigenvalue weighted by atomic mass is 79.9. The van der Waals surface area contributed by atoms with Crippen molar-refractivity contribution < 1.29 is 14.2 Å². The van der Waals surface area contributed by atoms with E-state index in [-0.39, 0.29) is 5.88 Å². The van der Waals surface area contributed by atoms with Crippen molar-refractivity contribution >= 4 is 15.9 Å². The molecule has 0 radical (unpaired) electrons. The maximum absolute atomic E-state index is 9.64. The van der Waals surface area contributed by atoms with E-state index >= 15 is 0 Å². The Balaban J connectivity index is 2.19. The molecule has 0 amide bonds. The van der Waals surface area contributed by atoms with Crippen LogP contribution in [-0.2, 0) is 0 Å². The van der Waals surface area contributed by atoms with Gasteiger partial charge in [0, 0.05) is 11.3 Å². The fourth-order valence-electron chi connectivity index (χ4n) is 2.92. The summed E-state index contributed by atoms with van der Waals surface area (Å²) in [5.74, 6) is 1.06. The maximum atomic E-state index is 9.64. The van der Waals surface area contributed by atoms with Gasteiger partial charge in [-0.05, 0) is 40.5 Å². The smallest absolute Gasteiger partial charge is 0.244 e. The first kappa shape index (κ1) is 17.9. The predicted octanol–water partition coefficient (Wildman–Crippen LogP) is 3.27. The Bertz CT molecular complexity index is 943. The summed E-state index contributed by atoms with van der Waals surface area (Å²) in [5, 5.41) is 16.6. The van der Waals surface area contributed by atoms with Crippen LogP contribution in [0, 0.1) is 18.3 Å². The van der Waals surface area contributed by atoms with Crippen LogP contribution in [0.2, 0.25) is 0 Å². The lowest BCUT2D eigenvalue weighted by atomic mass is 9.84. The number of aromatic amines is 1. The summed E-state index contributed by atoms with van der Waals surface area (Å²) in [6, 6.07) is 5.85. The summed E-state index contributed by atoms with van der Waals surface area (Å²) in [5.41, 5.74) is 8.63. The predicted molar refractivity (Wildman–Crippen MR) is 99.0 cm³/mol. The molecule has 3 rings (SSSR count). The van der Waals surface area contributed by atoms with Crippen LogP contribution in [0.1, 0.15) is 22.7 Å². The van der Waals surface area contributed by atoms with E-state index in [1.54, 1.807) is 13.2 Å². The number of H-pyrrole nitrogens is 1. The largest absolute Gasteiger partial charge is 0.493 e. The zero-order valence-corrected chi connectivity index (χ0v) is 15.9. The Kier molecular flexibility index (Phi) is 4.91. The molecule has 0 fully saturated rings. The number of methoxy groups -OCH3 is 1. The van der Waals surface area contributed by atoms with Crippen LogP contribution in [0.4, 0.5) is 0 Å². The average Bonchev–Trinajstić information content (AvgIpc) is 2.99. The van der Waals surface area contributed by atoms with Crippen LogP contribution in [-0.4, -0.2) is 23.9 Å². The summed E-state index contributed by atoms with van der Waals surface area (Å²) in [4.78, 5) is 0. The van der Waals surface area contributed by atoms with Crippen molar-refractivity contribution in [1.29, 1.82) is 5.26 Å². The number of fused-ring (bicyclic) bond motifs is 1. The molecule has 2 heterocycles. The van der Waals surface area contributed by atoms with Gasteiger partial charge in [-0.15, -0.1) is 5.10 Å². The number of benzene rings is 1. The number of nitrogens with one attached hydrogen (secondary N) is 1. The van der Waals surface area contributed by atoms with Crippen molar-refractivity contribution in [3.63, 3.8) is 0 Å². The lowest BCUT2D eigenvalue weighted by Gasteiger charge is -2.24. The van der Waals surface area contributed by atoms with E-state index in [4.69, 9.17) is 19.9 Å². The molecular weight excluding hydrogens is 400 g/mol. The molecule has 26 heavy (non-hydrogen) atoms. The third-order valence-corrected chi connectivity index (χ3v) is 4.65. The van der Waals surface area contributed by atoms with E-state index in [0.717, 1.165) is 16.8 Å². The second kappa shape index (κ2) is 7.14. The lowest BCUT2D eigenvalue weighted by Crippen LogP contribution is -2.21. The minimum absolute atomic E-state index is 0.0403. The maximum Gasteiger partial charge on any atom is 0.244 e. The zero-order valence-electron chi connectivity index (χ0n) is 14.3. The highest BCUT2D eigenvalue weighted by Crippen LogP contribution is 2.46. The number of ether oxygens (including phenoxy) is 3. The number of allylic oxidation sites excluding steroid dienone is 1. The molecule has 1 aliphatic rings. The number of rotatable bonds is 5. The minimum Gasteiger partial charge on any atom is -0.493 e. The van der Waals surface area contributed by atoms with Gasteiger partial charge in [0.2, 0.25) is 11.8 Å². The molecule has 0 saturated heterocycles. The second-order valence-corrected chi connectivity index (χ2v) is 6.48. The zero-order chi connectivity index (χ0) is 18.8. The first-order chi connectivity index (χ1) is 12.5. The third kappa shape index (κ3) is 2.91. The summed E-state index contributed by atoms with van der Waals surface area (Å²) in [6.07, 6.45) is 1.65. The van der Waals surface area contributed by atoms with Gasteiger partial charge < -0.3 is 19.9 Å². The van der Waals surface area contributed by atoms with Gasteiger partial charge in [0.05, 0.1) is 17.5 Å². The molecular formula is C18H17BrN4O3. The number of aryl methyl sites for hydroxylation is 1. The average molecular weight is 417 g/mol. The summed E-state index contributed by atoms with van der Waals surface area (Å²) in [6.45, 7) is 5.86. The summed E-state index contributed by atoms with van der Waals surface area (Å²) >= 11 is 3.52. The molecule has 0 bridgehead atoms. The number of aromatic nitrogens is 2. The van der Waals surface area contributed by atoms with Crippen molar-refractivity contribution in [2.45, 2.75) is 12.8 Å². The quantitative estimate of drug-likeness (QED) is 0.724. The molecule has 1 aromatic heterocycles. The minimum atomic E-state index is -0.429. The fraction of sp³-hybridized carbons (Fsp3) is 0.222. The lowest BCUT2D eigenvalue weighted by molar-refractivity contribution is 0.324. The Morgan fingerprint density at radius 1 is 1.54 bits per heavy atom. The van der Waals surface area contributed by atoms with Gasteiger partial charge in [-0.25, -0.2) is 0 Å². The monoisotopic (exact) mass is 416 g/mol. The summed E-state index contributed by atoms with van der Waals surface area (Å²) in [7, 11) is 1.56. The van der Waals surface area contributed by atoms with Crippen LogP contribution < -0.4 is 19.9 Å². The van der Waals surface area contributed by atoms with E-state index in [1.807, 2.05) is 19.1 Å². The first-order valence-corrected chi connectivity index (χ1v) is 8.54. The number of nitriles is 1. The topological polar surface area (TPSA) is 106 Å². The Morgan fingerprint density at radius 3 is 2.96 bits per heavy atom. The van der Waals surface area contributed by atoms with Crippen LogP contribution in [0.15, 0.2) is 40.7 Å². The standard InChI is InChI=1S/C18H17BrN4O3/c1-4-5-25-16-12(19)6-10(7-13(16)24-3)15-11(8-20)17(21)26-18-14(15)9(2)22-23-18/h4,6-7,15H,1,5,21H2,2-3H3,(H,22,23)/t15-/m0/s1. The Labute approximate surface area is 159 Å². The second-order valence-electron chi connectivity index (χ2n) is 5.63. The van der Waals surface area contributed by atoms with E-state index in [1.165, 1.54) is 0 Å². The molecule has 7 nitrogen and oxygen atoms in total. The van der Waals surface area contributed by atoms with Crippen LogP contribution in [0.25, 0.3) is 0 Å². The number of hydrogen-bond donors (Lipinski definition) is 2. The molecule has 8 heteroatoms. The Hall–Kier alpha value is -2.92. The van der Waals surface area contributed by atoms with E-state index in [9.17, 15) is 5.26 Å². The molecule has 1 aromatic carbocycles. The number of nitrogens with two attached hydrogens (primary N) is 1. The van der Waals surface area contributed by atoms with Crippen LogP contribution in [0.5, 0.6) is 17.4 Å². The molecule has 134 valence electrons. The van der Waals surface area contributed by atoms with Crippen molar-refractivity contribution in [3.8, 4) is 23.4 Å². The third-order valence-electron chi connectivity index (χ3n) is 4.06. The highest BCUT2D eigenvalue weighted by molar-refractivity contribution is 9.10. The van der Waals surface area contributed by atoms with Crippen molar-refractivity contribution in [1.82, 2.24) is 10.2 Å². The molecule has 2 aromatic rings. The van der Waals surface area contributed by atoms with Gasteiger partial charge in [-0.1, -0.05) is 12.7 Å². The molecule has 0 saturated carbocycles. The van der Waals surface area contributed by atoms with E-state index in [2.05, 4.69) is 38.8 Å². The fourth-order valence-corrected chi connectivity index (χ4v) is 3.49. The Morgan fingerprint density at radius 2 is 2.31 bits per heavy atom. The molecule has 1 atom stereocenters.